The third-order valence-corrected chi connectivity index (χ3v) is 9.52. The predicted octanol–water partition coefficient (Wildman–Crippen LogP) is 6.00. The molecule has 0 saturated carbocycles. The van der Waals surface area contributed by atoms with Crippen molar-refractivity contribution in [1.29, 1.82) is 0 Å². The standard InChI is InChI=1S/C32H28NO3P/c1-21-14-16-24(17-15-21)29(20-30(34)33-31(35)27-12-4-5-13-28(27)32(33)36)37(25-10-6-8-22(2)18-25)26-11-7-9-23(3)19-26/h4-19,29H,20H2,1-3H3/t29-/m0/s1. The molecule has 1 atom stereocenters. The van der Waals surface area contributed by atoms with Crippen LogP contribution in [0.3, 0.4) is 0 Å². The lowest BCUT2D eigenvalue weighted by atomic mass is 10.1. The normalized spacial score (nSPS) is 13.7. The number of rotatable bonds is 6. The fraction of sp³-hybridized carbons (Fsp3) is 0.156. The molecule has 0 radical (unpaired) electrons. The Hall–Kier alpha value is -3.88. The quantitative estimate of drug-likeness (QED) is 0.239. The number of carbonyl (C=O) groups excluding carboxylic acids is 3. The first-order chi connectivity index (χ1) is 17.8. The minimum absolute atomic E-state index is 0.0438. The van der Waals surface area contributed by atoms with E-state index in [1.807, 2.05) is 19.1 Å². The van der Waals surface area contributed by atoms with E-state index >= 15 is 0 Å². The van der Waals surface area contributed by atoms with Gasteiger partial charge in [-0.2, -0.15) is 0 Å². The van der Waals surface area contributed by atoms with Crippen molar-refractivity contribution in [3.05, 3.63) is 130 Å². The maximum absolute atomic E-state index is 13.8. The summed E-state index contributed by atoms with van der Waals surface area (Å²) in [6, 6.07) is 31.7. The predicted molar refractivity (Wildman–Crippen MR) is 149 cm³/mol. The van der Waals surface area contributed by atoms with Gasteiger partial charge in [-0.15, -0.1) is 0 Å². The van der Waals surface area contributed by atoms with Crippen molar-refractivity contribution in [3.8, 4) is 0 Å². The van der Waals surface area contributed by atoms with Crippen molar-refractivity contribution in [1.82, 2.24) is 4.90 Å². The van der Waals surface area contributed by atoms with Crippen molar-refractivity contribution >= 4 is 36.3 Å². The number of carbonyl (C=O) groups is 3. The topological polar surface area (TPSA) is 54.5 Å². The number of hydrogen-bond donors (Lipinski definition) is 0. The van der Waals surface area contributed by atoms with Gasteiger partial charge in [-0.05, 0) is 57.0 Å². The zero-order valence-corrected chi connectivity index (χ0v) is 22.0. The lowest BCUT2D eigenvalue weighted by Crippen LogP contribution is -2.37. The molecule has 5 heteroatoms. The number of imide groups is 3. The summed E-state index contributed by atoms with van der Waals surface area (Å²) in [5.41, 5.74) is 4.78. The van der Waals surface area contributed by atoms with Crippen molar-refractivity contribution < 1.29 is 14.4 Å². The molecule has 1 aliphatic heterocycles. The molecule has 1 aliphatic rings. The third kappa shape index (κ3) is 4.90. The van der Waals surface area contributed by atoms with E-state index in [-0.39, 0.29) is 23.2 Å². The minimum atomic E-state index is -1.04. The van der Waals surface area contributed by atoms with Gasteiger partial charge in [0.15, 0.2) is 0 Å². The van der Waals surface area contributed by atoms with Crippen molar-refractivity contribution in [3.63, 3.8) is 0 Å². The lowest BCUT2D eigenvalue weighted by Gasteiger charge is -2.30. The Morgan fingerprint density at radius 1 is 0.676 bits per heavy atom. The molecule has 4 nitrogen and oxygen atoms in total. The number of fused-ring (bicyclic) bond motifs is 1. The van der Waals surface area contributed by atoms with Gasteiger partial charge in [-0.1, -0.05) is 102 Å². The number of nitrogens with zero attached hydrogens (tertiary/aromatic N) is 1. The van der Waals surface area contributed by atoms with Gasteiger partial charge in [-0.3, -0.25) is 14.4 Å². The molecule has 5 rings (SSSR count). The molecule has 184 valence electrons. The first-order valence-electron chi connectivity index (χ1n) is 12.3. The summed E-state index contributed by atoms with van der Waals surface area (Å²) >= 11 is 0. The Labute approximate surface area is 218 Å². The molecule has 0 aromatic heterocycles. The molecule has 0 N–H and O–H groups in total. The van der Waals surface area contributed by atoms with Crippen LogP contribution in [0.15, 0.2) is 97.1 Å². The first kappa shape index (κ1) is 24.8. The first-order valence-corrected chi connectivity index (χ1v) is 13.7. The van der Waals surface area contributed by atoms with Gasteiger partial charge in [0.25, 0.3) is 11.8 Å². The fourth-order valence-corrected chi connectivity index (χ4v) is 7.89. The Morgan fingerprint density at radius 3 is 1.68 bits per heavy atom. The van der Waals surface area contributed by atoms with Crippen LogP contribution >= 0.6 is 7.92 Å². The zero-order valence-electron chi connectivity index (χ0n) is 21.1. The van der Waals surface area contributed by atoms with Crippen LogP contribution in [0, 0.1) is 20.8 Å². The van der Waals surface area contributed by atoms with Crippen LogP contribution in [0.4, 0.5) is 0 Å². The molecule has 0 bridgehead atoms. The molecule has 4 aromatic carbocycles. The van der Waals surface area contributed by atoms with E-state index in [4.69, 9.17) is 0 Å². The van der Waals surface area contributed by atoms with Crippen molar-refractivity contribution in [2.75, 3.05) is 0 Å². The second-order valence-corrected chi connectivity index (χ2v) is 12.0. The summed E-state index contributed by atoms with van der Waals surface area (Å²) < 4.78 is 0. The highest BCUT2D eigenvalue weighted by Crippen LogP contribution is 2.52. The van der Waals surface area contributed by atoms with Gasteiger partial charge in [0, 0.05) is 12.1 Å². The van der Waals surface area contributed by atoms with E-state index in [0.29, 0.717) is 0 Å². The minimum Gasteiger partial charge on any atom is -0.274 e. The second kappa shape index (κ2) is 10.2. The van der Waals surface area contributed by atoms with E-state index in [1.165, 1.54) is 0 Å². The summed E-state index contributed by atoms with van der Waals surface area (Å²) in [4.78, 5) is 40.8. The highest BCUT2D eigenvalue weighted by atomic mass is 31.1. The molecule has 0 unspecified atom stereocenters. The molecule has 0 fully saturated rings. The zero-order chi connectivity index (χ0) is 26.1. The summed E-state index contributed by atoms with van der Waals surface area (Å²) in [6.45, 7) is 6.17. The average molecular weight is 506 g/mol. The lowest BCUT2D eigenvalue weighted by molar-refractivity contribution is -0.126. The van der Waals surface area contributed by atoms with Gasteiger partial charge in [0.1, 0.15) is 0 Å². The Bertz CT molecular complexity index is 1430. The summed E-state index contributed by atoms with van der Waals surface area (Å²) in [5, 5.41) is 2.31. The van der Waals surface area contributed by atoms with Crippen LogP contribution in [0.2, 0.25) is 0 Å². The SMILES string of the molecule is Cc1ccc([C@H](CC(=O)N2C(=O)c3ccccc3C2=O)P(c2cccc(C)c2)c2cccc(C)c2)cc1. The highest BCUT2D eigenvalue weighted by molar-refractivity contribution is 7.73. The maximum atomic E-state index is 13.8. The molecule has 37 heavy (non-hydrogen) atoms. The number of benzene rings is 4. The number of aryl methyl sites for hydroxylation is 3. The van der Waals surface area contributed by atoms with E-state index in [9.17, 15) is 14.4 Å². The van der Waals surface area contributed by atoms with Crippen LogP contribution in [0.5, 0.6) is 0 Å². The van der Waals surface area contributed by atoms with Gasteiger partial charge in [0.2, 0.25) is 5.91 Å². The smallest absolute Gasteiger partial charge is 0.268 e. The average Bonchev–Trinajstić information content (AvgIpc) is 3.14. The van der Waals surface area contributed by atoms with Crippen molar-refractivity contribution in [2.45, 2.75) is 32.9 Å². The van der Waals surface area contributed by atoms with Gasteiger partial charge in [0.05, 0.1) is 11.1 Å². The molecular formula is C32H28NO3P. The monoisotopic (exact) mass is 505 g/mol. The van der Waals surface area contributed by atoms with Crippen LogP contribution < -0.4 is 10.6 Å². The van der Waals surface area contributed by atoms with E-state index in [0.717, 1.165) is 37.8 Å². The molecule has 4 aromatic rings. The Kier molecular flexibility index (Phi) is 6.86. The second-order valence-electron chi connectivity index (χ2n) is 9.56. The van der Waals surface area contributed by atoms with E-state index in [2.05, 4.69) is 74.5 Å². The third-order valence-electron chi connectivity index (χ3n) is 6.74. The Balaban J connectivity index is 1.61. The summed E-state index contributed by atoms with van der Waals surface area (Å²) in [6.07, 6.45) is 0.0438. The molecule has 0 aliphatic carbocycles. The molecule has 0 spiro atoms. The van der Waals surface area contributed by atoms with Crippen LogP contribution in [-0.4, -0.2) is 22.6 Å². The van der Waals surface area contributed by atoms with Crippen LogP contribution in [-0.2, 0) is 4.79 Å². The van der Waals surface area contributed by atoms with Gasteiger partial charge < -0.3 is 0 Å². The van der Waals surface area contributed by atoms with Crippen LogP contribution in [0.1, 0.15) is 55.0 Å². The van der Waals surface area contributed by atoms with Gasteiger partial charge in [-0.25, -0.2) is 4.90 Å². The maximum Gasteiger partial charge on any atom is 0.268 e. The fourth-order valence-electron chi connectivity index (χ4n) is 4.88. The molecule has 1 heterocycles. The Morgan fingerprint density at radius 2 is 1.19 bits per heavy atom. The molecule has 0 saturated heterocycles. The number of amides is 3. The summed E-state index contributed by atoms with van der Waals surface area (Å²) in [5.74, 6) is -1.54. The van der Waals surface area contributed by atoms with E-state index in [1.54, 1.807) is 24.3 Å². The largest absolute Gasteiger partial charge is 0.274 e. The van der Waals surface area contributed by atoms with Gasteiger partial charge >= 0.3 is 0 Å². The number of hydrogen-bond acceptors (Lipinski definition) is 3. The molecular weight excluding hydrogens is 477 g/mol. The highest BCUT2D eigenvalue weighted by Gasteiger charge is 2.41. The summed E-state index contributed by atoms with van der Waals surface area (Å²) in [7, 11) is -1.04. The molecule has 3 amide bonds. The van der Waals surface area contributed by atoms with E-state index < -0.39 is 25.6 Å². The van der Waals surface area contributed by atoms with Crippen molar-refractivity contribution in [2.24, 2.45) is 0 Å². The van der Waals surface area contributed by atoms with Crippen LogP contribution in [0.25, 0.3) is 0 Å².